The molecule has 9 nitrogen and oxygen atoms in total. The molecule has 0 aliphatic carbocycles. The predicted octanol–water partition coefficient (Wildman–Crippen LogP) is 3.62. The van der Waals surface area contributed by atoms with Crippen LogP contribution in [0.5, 0.6) is 17.2 Å². The van der Waals surface area contributed by atoms with Crippen molar-refractivity contribution in [3.05, 3.63) is 85.0 Å². The molecule has 1 N–H and O–H groups in total. The second-order valence-corrected chi connectivity index (χ2v) is 7.26. The van der Waals surface area contributed by atoms with E-state index in [4.69, 9.17) is 18.9 Å². The molecule has 0 aliphatic rings. The fourth-order valence-corrected chi connectivity index (χ4v) is 2.63. The normalized spacial score (nSPS) is 11.4. The molecule has 2 rings (SSSR count). The van der Waals surface area contributed by atoms with Crippen molar-refractivity contribution in [1.29, 1.82) is 0 Å². The molecule has 0 heterocycles. The Hall–Kier alpha value is -4.21. The van der Waals surface area contributed by atoms with Crippen molar-refractivity contribution in [3.8, 4) is 17.2 Å². The highest BCUT2D eigenvalue weighted by Gasteiger charge is 2.13. The summed E-state index contributed by atoms with van der Waals surface area (Å²) >= 11 is 0. The van der Waals surface area contributed by atoms with Gasteiger partial charge in [-0.3, -0.25) is 4.79 Å². The molecule has 0 amide bonds. The average molecular weight is 497 g/mol. The zero-order chi connectivity index (χ0) is 26.3. The number of carbonyl (C=O) groups is 3. The summed E-state index contributed by atoms with van der Waals surface area (Å²) in [5, 5.41) is 9.80. The summed E-state index contributed by atoms with van der Waals surface area (Å²) < 4.78 is 25.5. The molecular formula is C27H28O9. The molecule has 9 heteroatoms. The molecule has 0 saturated carbocycles. The molecule has 1 unspecified atom stereocenters. The second kappa shape index (κ2) is 14.9. The fraction of sp³-hybridized carbons (Fsp3) is 0.222. The van der Waals surface area contributed by atoms with Crippen LogP contribution in [0.1, 0.15) is 18.4 Å². The van der Waals surface area contributed by atoms with Gasteiger partial charge in [-0.2, -0.15) is 0 Å². The van der Waals surface area contributed by atoms with E-state index in [-0.39, 0.29) is 18.6 Å². The van der Waals surface area contributed by atoms with E-state index in [0.717, 1.165) is 11.6 Å². The Labute approximate surface area is 209 Å². The minimum absolute atomic E-state index is 0.116. The van der Waals surface area contributed by atoms with E-state index in [2.05, 4.69) is 17.9 Å². The molecule has 1 atom stereocenters. The number of aliphatic hydroxyl groups excluding tert-OH is 1. The van der Waals surface area contributed by atoms with Crippen LogP contribution in [0.2, 0.25) is 0 Å². The molecule has 0 aromatic heterocycles. The molecule has 2 aromatic rings. The number of benzene rings is 2. The van der Waals surface area contributed by atoms with E-state index in [1.165, 1.54) is 37.5 Å². The van der Waals surface area contributed by atoms with Gasteiger partial charge >= 0.3 is 17.9 Å². The van der Waals surface area contributed by atoms with Crippen LogP contribution in [-0.2, 0) is 23.9 Å². The Bertz CT molecular complexity index is 1070. The van der Waals surface area contributed by atoms with Crippen LogP contribution in [0.4, 0.5) is 0 Å². The standard InChI is InChI=1S/C27H28O9/c1-4-24(28)35-22-11-13-23(14-12-22)36-25(29)15-8-20-6-9-21(10-7-20)33-16-5-17-34-27(31)19(2)18-26(30)32-3/h4,6-15,27,31H,1-2,5,16-18H2,3H3/b15-8+. The highest BCUT2D eigenvalue weighted by molar-refractivity contribution is 5.88. The first-order chi connectivity index (χ1) is 17.3. The number of aliphatic hydroxyl groups is 1. The molecular weight excluding hydrogens is 468 g/mol. The first-order valence-corrected chi connectivity index (χ1v) is 10.9. The van der Waals surface area contributed by atoms with Gasteiger partial charge in [0.1, 0.15) is 17.2 Å². The van der Waals surface area contributed by atoms with Crippen molar-refractivity contribution in [2.75, 3.05) is 20.3 Å². The van der Waals surface area contributed by atoms with E-state index in [9.17, 15) is 19.5 Å². The highest BCUT2D eigenvalue weighted by atomic mass is 16.6. The second-order valence-electron chi connectivity index (χ2n) is 7.26. The number of hydrogen-bond acceptors (Lipinski definition) is 9. The third kappa shape index (κ3) is 10.4. The van der Waals surface area contributed by atoms with E-state index in [1.807, 2.05) is 0 Å². The van der Waals surface area contributed by atoms with Crippen LogP contribution in [0, 0.1) is 0 Å². The minimum Gasteiger partial charge on any atom is -0.494 e. The molecule has 36 heavy (non-hydrogen) atoms. The molecule has 0 aliphatic heterocycles. The van der Waals surface area contributed by atoms with Crippen LogP contribution in [0.25, 0.3) is 6.08 Å². The van der Waals surface area contributed by atoms with Crippen LogP contribution < -0.4 is 14.2 Å². The van der Waals surface area contributed by atoms with Crippen LogP contribution >= 0.6 is 0 Å². The third-order valence-corrected chi connectivity index (χ3v) is 4.50. The zero-order valence-electron chi connectivity index (χ0n) is 19.9. The number of methoxy groups -OCH3 is 1. The summed E-state index contributed by atoms with van der Waals surface area (Å²) in [5.41, 5.74) is 0.987. The minimum atomic E-state index is -1.25. The van der Waals surface area contributed by atoms with E-state index >= 15 is 0 Å². The quantitative estimate of drug-likeness (QED) is 0.104. The van der Waals surface area contributed by atoms with Gasteiger partial charge in [0, 0.05) is 18.6 Å². The maximum absolute atomic E-state index is 12.0. The lowest BCUT2D eigenvalue weighted by Crippen LogP contribution is -2.18. The van der Waals surface area contributed by atoms with Crippen LogP contribution in [0.3, 0.4) is 0 Å². The Balaban J connectivity index is 1.70. The first-order valence-electron chi connectivity index (χ1n) is 10.9. The Kier molecular flexibility index (Phi) is 11.6. The molecule has 0 bridgehead atoms. The van der Waals surface area contributed by atoms with Gasteiger partial charge in [0.15, 0.2) is 6.29 Å². The van der Waals surface area contributed by atoms with Crippen molar-refractivity contribution in [2.24, 2.45) is 0 Å². The van der Waals surface area contributed by atoms with E-state index in [0.29, 0.717) is 30.3 Å². The summed E-state index contributed by atoms with van der Waals surface area (Å²) in [7, 11) is 1.26. The molecule has 0 spiro atoms. The summed E-state index contributed by atoms with van der Waals surface area (Å²) in [4.78, 5) is 34.4. The first kappa shape index (κ1) is 28.0. The summed E-state index contributed by atoms with van der Waals surface area (Å²) in [5.74, 6) is -0.407. The lowest BCUT2D eigenvalue weighted by Gasteiger charge is -2.14. The largest absolute Gasteiger partial charge is 0.494 e. The molecule has 2 aromatic carbocycles. The lowest BCUT2D eigenvalue weighted by molar-refractivity contribution is -0.141. The SMILES string of the molecule is C=CC(=O)Oc1ccc(OC(=O)/C=C/c2ccc(OCCCOC(O)C(=C)CC(=O)OC)cc2)cc1. The van der Waals surface area contributed by atoms with Crippen molar-refractivity contribution < 1.29 is 43.2 Å². The monoisotopic (exact) mass is 496 g/mol. The van der Waals surface area contributed by atoms with Crippen molar-refractivity contribution in [2.45, 2.75) is 19.1 Å². The van der Waals surface area contributed by atoms with Gasteiger partial charge in [0.05, 0.1) is 26.7 Å². The molecule has 0 fully saturated rings. The van der Waals surface area contributed by atoms with Gasteiger partial charge in [-0.05, 0) is 53.6 Å². The van der Waals surface area contributed by atoms with Gasteiger partial charge in [0.2, 0.25) is 0 Å². The van der Waals surface area contributed by atoms with Crippen molar-refractivity contribution in [1.82, 2.24) is 0 Å². The smallest absolute Gasteiger partial charge is 0.336 e. The van der Waals surface area contributed by atoms with Gasteiger partial charge in [0.25, 0.3) is 0 Å². The fourth-order valence-electron chi connectivity index (χ4n) is 2.63. The maximum atomic E-state index is 12.0. The summed E-state index contributed by atoms with van der Waals surface area (Å²) in [6.07, 6.45) is 3.09. The number of ether oxygens (including phenoxy) is 5. The van der Waals surface area contributed by atoms with Crippen LogP contribution in [-0.4, -0.2) is 49.6 Å². The van der Waals surface area contributed by atoms with Crippen LogP contribution in [0.15, 0.2) is 79.4 Å². The van der Waals surface area contributed by atoms with Gasteiger partial charge in [-0.25, -0.2) is 9.59 Å². The zero-order valence-corrected chi connectivity index (χ0v) is 19.9. The molecule has 190 valence electrons. The van der Waals surface area contributed by atoms with E-state index in [1.54, 1.807) is 30.3 Å². The average Bonchev–Trinajstić information content (AvgIpc) is 2.88. The molecule has 0 saturated heterocycles. The number of hydrogen-bond donors (Lipinski definition) is 1. The summed E-state index contributed by atoms with van der Waals surface area (Å²) in [6, 6.07) is 13.1. The number of esters is 3. The Morgan fingerprint density at radius 2 is 1.50 bits per heavy atom. The lowest BCUT2D eigenvalue weighted by atomic mass is 10.2. The Morgan fingerprint density at radius 1 is 0.917 bits per heavy atom. The van der Waals surface area contributed by atoms with E-state index < -0.39 is 24.2 Å². The Morgan fingerprint density at radius 3 is 2.08 bits per heavy atom. The number of carbonyl (C=O) groups excluding carboxylic acids is 3. The third-order valence-electron chi connectivity index (χ3n) is 4.50. The van der Waals surface area contributed by atoms with Gasteiger partial charge in [-0.1, -0.05) is 25.3 Å². The molecule has 0 radical (unpaired) electrons. The number of rotatable bonds is 14. The summed E-state index contributed by atoms with van der Waals surface area (Å²) in [6.45, 7) is 7.48. The van der Waals surface area contributed by atoms with Gasteiger partial charge < -0.3 is 28.8 Å². The van der Waals surface area contributed by atoms with Crippen molar-refractivity contribution >= 4 is 24.0 Å². The maximum Gasteiger partial charge on any atom is 0.336 e. The van der Waals surface area contributed by atoms with Gasteiger partial charge in [-0.15, -0.1) is 0 Å². The van der Waals surface area contributed by atoms with Crippen molar-refractivity contribution in [3.63, 3.8) is 0 Å². The predicted molar refractivity (Wildman–Crippen MR) is 131 cm³/mol. The topological polar surface area (TPSA) is 118 Å². The highest BCUT2D eigenvalue weighted by Crippen LogP contribution is 2.18.